The fourth-order valence-corrected chi connectivity index (χ4v) is 2.23. The molecule has 0 radical (unpaired) electrons. The third-order valence-corrected chi connectivity index (χ3v) is 4.32. The second-order valence-electron chi connectivity index (χ2n) is 5.65. The van der Waals surface area contributed by atoms with Gasteiger partial charge < -0.3 is 4.74 Å². The van der Waals surface area contributed by atoms with Crippen molar-refractivity contribution in [2.45, 2.75) is 37.7 Å². The predicted octanol–water partition coefficient (Wildman–Crippen LogP) is 3.69. The Kier molecular flexibility index (Phi) is 6.19. The maximum absolute atomic E-state index is 13.0. The zero-order valence-corrected chi connectivity index (χ0v) is 13.7. The van der Waals surface area contributed by atoms with Gasteiger partial charge in [-0.25, -0.2) is 8.93 Å². The summed E-state index contributed by atoms with van der Waals surface area (Å²) in [7, 11) is -0.308. The van der Waals surface area contributed by atoms with E-state index in [0.29, 0.717) is 11.3 Å². The second-order valence-corrected chi connectivity index (χ2v) is 7.65. The van der Waals surface area contributed by atoms with E-state index in [2.05, 4.69) is 4.72 Å². The van der Waals surface area contributed by atoms with Crippen molar-refractivity contribution in [3.8, 4) is 5.75 Å². The van der Waals surface area contributed by atoms with Crippen LogP contribution in [-0.4, -0.2) is 28.3 Å². The highest BCUT2D eigenvalue weighted by atomic mass is 32.2. The minimum absolute atomic E-state index is 0.596. The first-order valence-corrected chi connectivity index (χ1v) is 7.76. The number of methoxy groups -OCH3 is 1. The molecular weight excluding hydrogens is 315 g/mol. The summed E-state index contributed by atoms with van der Waals surface area (Å²) in [6, 6.07) is 4.62. The molecule has 0 heterocycles. The summed E-state index contributed by atoms with van der Waals surface area (Å²) in [6.07, 6.45) is -2.22. The monoisotopic (exact) mass is 335 g/mol. The van der Waals surface area contributed by atoms with E-state index in [1.807, 2.05) is 0 Å². The molecular formula is C15H20F3NO2S. The van der Waals surface area contributed by atoms with Crippen LogP contribution < -0.4 is 9.46 Å². The summed E-state index contributed by atoms with van der Waals surface area (Å²) in [5.41, 5.74) is 0.596. The molecule has 1 aromatic carbocycles. The van der Waals surface area contributed by atoms with Gasteiger partial charge in [0, 0.05) is 0 Å². The summed E-state index contributed by atoms with van der Waals surface area (Å²) < 4.78 is 57.3. The lowest BCUT2D eigenvalue weighted by atomic mass is 10.1. The molecule has 0 saturated heterocycles. The third-order valence-electron chi connectivity index (χ3n) is 2.74. The van der Waals surface area contributed by atoms with Crippen molar-refractivity contribution in [1.82, 2.24) is 4.72 Å². The molecule has 7 heteroatoms. The number of halogens is 3. The molecule has 2 atom stereocenters. The van der Waals surface area contributed by atoms with Crippen LogP contribution in [-0.2, 0) is 11.0 Å². The number of rotatable bonds is 5. The summed E-state index contributed by atoms with van der Waals surface area (Å²) in [4.78, 5) is 0. The van der Waals surface area contributed by atoms with Crippen LogP contribution in [0.25, 0.3) is 6.08 Å². The second kappa shape index (κ2) is 7.28. The molecule has 1 rings (SSSR count). The lowest BCUT2D eigenvalue weighted by Crippen LogP contribution is -2.46. The first-order chi connectivity index (χ1) is 10.0. The highest BCUT2D eigenvalue weighted by Crippen LogP contribution is 2.24. The quantitative estimate of drug-likeness (QED) is 0.891. The fraction of sp³-hybridized carbons (Fsp3) is 0.467. The van der Waals surface area contributed by atoms with E-state index in [-0.39, 0.29) is 0 Å². The fourth-order valence-electron chi connectivity index (χ4n) is 1.43. The van der Waals surface area contributed by atoms with Crippen LogP contribution in [0.4, 0.5) is 13.2 Å². The van der Waals surface area contributed by atoms with Crippen molar-refractivity contribution in [3.05, 3.63) is 35.9 Å². The van der Waals surface area contributed by atoms with Gasteiger partial charge in [-0.05, 0) is 38.5 Å². The highest BCUT2D eigenvalue weighted by Gasteiger charge is 2.40. The van der Waals surface area contributed by atoms with Crippen LogP contribution in [0.2, 0.25) is 0 Å². The zero-order chi connectivity index (χ0) is 17.0. The van der Waals surface area contributed by atoms with E-state index < -0.39 is 28.0 Å². The zero-order valence-electron chi connectivity index (χ0n) is 12.9. The molecule has 0 spiro atoms. The molecule has 1 unspecified atom stereocenters. The minimum atomic E-state index is -4.52. The van der Waals surface area contributed by atoms with Crippen molar-refractivity contribution in [3.63, 3.8) is 0 Å². The molecule has 124 valence electrons. The molecule has 0 bridgehead atoms. The van der Waals surface area contributed by atoms with Crippen LogP contribution in [0.5, 0.6) is 5.75 Å². The van der Waals surface area contributed by atoms with Crippen molar-refractivity contribution in [1.29, 1.82) is 0 Å². The number of benzene rings is 1. The molecule has 0 aliphatic heterocycles. The van der Waals surface area contributed by atoms with E-state index in [0.717, 1.165) is 6.08 Å². The van der Waals surface area contributed by atoms with E-state index in [4.69, 9.17) is 4.74 Å². The lowest BCUT2D eigenvalue weighted by Gasteiger charge is -2.24. The Morgan fingerprint density at radius 3 is 2.14 bits per heavy atom. The van der Waals surface area contributed by atoms with Gasteiger partial charge in [0.2, 0.25) is 0 Å². The number of hydrogen-bond donors (Lipinski definition) is 1. The first kappa shape index (κ1) is 18.7. The van der Waals surface area contributed by atoms with Crippen LogP contribution in [0.1, 0.15) is 26.3 Å². The predicted molar refractivity (Wildman–Crippen MR) is 82.9 cm³/mol. The normalized spacial score (nSPS) is 15.8. The van der Waals surface area contributed by atoms with E-state index >= 15 is 0 Å². The SMILES string of the molecule is COc1ccc(/C=C/[C@@H](NS(=O)C(C)(C)C)C(F)(F)F)cc1. The summed E-state index contributed by atoms with van der Waals surface area (Å²) >= 11 is 0. The maximum atomic E-state index is 13.0. The number of nitrogens with one attached hydrogen (secondary N) is 1. The number of alkyl halides is 3. The molecule has 22 heavy (non-hydrogen) atoms. The standard InChI is InChI=1S/C15H20F3NO2S/c1-14(2,3)22(20)19-13(15(16,17)18)10-7-11-5-8-12(21-4)9-6-11/h5-10,13,19H,1-4H3/b10-7+/t13-,22?/m1/s1. The van der Waals surface area contributed by atoms with Crippen molar-refractivity contribution >= 4 is 17.1 Å². The van der Waals surface area contributed by atoms with Gasteiger partial charge in [-0.2, -0.15) is 13.2 Å². The topological polar surface area (TPSA) is 38.3 Å². The van der Waals surface area contributed by atoms with Crippen LogP contribution in [0, 0.1) is 0 Å². The van der Waals surface area contributed by atoms with E-state index in [1.54, 1.807) is 45.0 Å². The van der Waals surface area contributed by atoms with Crippen molar-refractivity contribution in [2.75, 3.05) is 7.11 Å². The molecule has 3 nitrogen and oxygen atoms in total. The average Bonchev–Trinajstić information content (AvgIpc) is 2.41. The number of ether oxygens (including phenoxy) is 1. The summed E-state index contributed by atoms with van der Waals surface area (Å²) in [6.45, 7) is 4.82. The Balaban J connectivity index is 2.89. The van der Waals surface area contributed by atoms with Crippen LogP contribution in [0.3, 0.4) is 0 Å². The molecule has 1 N–H and O–H groups in total. The van der Waals surface area contributed by atoms with Crippen molar-refractivity contribution < 1.29 is 22.1 Å². The third kappa shape index (κ3) is 5.81. The Morgan fingerprint density at radius 1 is 1.18 bits per heavy atom. The van der Waals surface area contributed by atoms with Gasteiger partial charge in [-0.1, -0.05) is 24.3 Å². The van der Waals surface area contributed by atoms with E-state index in [1.165, 1.54) is 13.2 Å². The van der Waals surface area contributed by atoms with Gasteiger partial charge >= 0.3 is 6.18 Å². The van der Waals surface area contributed by atoms with Gasteiger partial charge in [0.25, 0.3) is 0 Å². The molecule has 0 aliphatic rings. The largest absolute Gasteiger partial charge is 0.497 e. The molecule has 0 aromatic heterocycles. The van der Waals surface area contributed by atoms with Crippen LogP contribution in [0.15, 0.2) is 30.3 Å². The Morgan fingerprint density at radius 2 is 1.73 bits per heavy atom. The van der Waals surface area contributed by atoms with Gasteiger partial charge in [-0.15, -0.1) is 0 Å². The Hall–Kier alpha value is -1.34. The Bertz CT molecular complexity index is 533. The molecule has 1 aromatic rings. The van der Waals surface area contributed by atoms with Gasteiger partial charge in [0.05, 0.1) is 22.8 Å². The average molecular weight is 335 g/mol. The lowest BCUT2D eigenvalue weighted by molar-refractivity contribution is -0.139. The summed E-state index contributed by atoms with van der Waals surface area (Å²) in [5, 5.41) is 0. The molecule has 0 amide bonds. The first-order valence-electron chi connectivity index (χ1n) is 6.61. The van der Waals surface area contributed by atoms with Crippen molar-refractivity contribution in [2.24, 2.45) is 0 Å². The van der Waals surface area contributed by atoms with E-state index in [9.17, 15) is 17.4 Å². The molecule has 0 aliphatic carbocycles. The van der Waals surface area contributed by atoms with Crippen LogP contribution >= 0.6 is 0 Å². The smallest absolute Gasteiger partial charge is 0.408 e. The summed E-state index contributed by atoms with van der Waals surface area (Å²) in [5.74, 6) is 0.622. The highest BCUT2D eigenvalue weighted by molar-refractivity contribution is 7.84. The molecule has 0 saturated carbocycles. The number of hydrogen-bond acceptors (Lipinski definition) is 2. The minimum Gasteiger partial charge on any atom is -0.497 e. The Labute approximate surface area is 131 Å². The van der Waals surface area contributed by atoms with Gasteiger partial charge in [0.1, 0.15) is 11.8 Å². The maximum Gasteiger partial charge on any atom is 0.408 e. The molecule has 0 fully saturated rings. The van der Waals surface area contributed by atoms with Gasteiger partial charge in [-0.3, -0.25) is 0 Å². The van der Waals surface area contributed by atoms with Gasteiger partial charge in [0.15, 0.2) is 0 Å².